The molecule has 0 aromatic heterocycles. The standard InChI is InChI=1S/C67H57N/c1-65(2)57-30-16-15-27-55(57)63-53(28-18-32-59(63)65)54-29-19-33-60-64(54)56-41-39-49(42-61(56)66(60,3)4)68(48-36-34-45(35-37-48)44-20-8-5-9-21-44)50-38-40-52-51-26-14-17-31-58(51)67(62(52)43-50,46-22-10-6-11-23-46)47-24-12-7-13-25-47/h6-7,10-19,22-44H,5,8-9,20-21H2,1-4H3. The van der Waals surface area contributed by atoms with E-state index in [-0.39, 0.29) is 10.8 Å². The van der Waals surface area contributed by atoms with Crippen LogP contribution >= 0.6 is 0 Å². The van der Waals surface area contributed by atoms with E-state index in [1.165, 1.54) is 138 Å². The molecule has 9 aromatic carbocycles. The Morgan fingerprint density at radius 1 is 0.338 bits per heavy atom. The average molecular weight is 876 g/mol. The van der Waals surface area contributed by atoms with Crippen molar-refractivity contribution in [1.29, 1.82) is 0 Å². The summed E-state index contributed by atoms with van der Waals surface area (Å²) in [6, 6.07) is 78.9. The molecule has 1 saturated carbocycles. The van der Waals surface area contributed by atoms with Gasteiger partial charge in [-0.1, -0.05) is 217 Å². The number of fused-ring (bicyclic) bond motifs is 9. The number of hydrogen-bond donors (Lipinski definition) is 0. The summed E-state index contributed by atoms with van der Waals surface area (Å²) in [5.41, 5.74) is 25.7. The van der Waals surface area contributed by atoms with Crippen LogP contribution in [0.25, 0.3) is 44.5 Å². The topological polar surface area (TPSA) is 3.24 Å². The van der Waals surface area contributed by atoms with E-state index in [0.29, 0.717) is 5.92 Å². The number of hydrogen-bond acceptors (Lipinski definition) is 1. The summed E-state index contributed by atoms with van der Waals surface area (Å²) in [6.07, 6.45) is 6.58. The van der Waals surface area contributed by atoms with Gasteiger partial charge >= 0.3 is 0 Å². The lowest BCUT2D eigenvalue weighted by atomic mass is 9.67. The van der Waals surface area contributed by atoms with Crippen molar-refractivity contribution in [1.82, 2.24) is 0 Å². The zero-order valence-corrected chi connectivity index (χ0v) is 39.7. The zero-order chi connectivity index (χ0) is 45.8. The van der Waals surface area contributed by atoms with Crippen LogP contribution in [0.15, 0.2) is 206 Å². The largest absolute Gasteiger partial charge is 0.310 e. The van der Waals surface area contributed by atoms with Crippen molar-refractivity contribution < 1.29 is 0 Å². The minimum absolute atomic E-state index is 0.0633. The van der Waals surface area contributed by atoms with E-state index in [1.807, 2.05) is 0 Å². The third-order valence-electron chi connectivity index (χ3n) is 16.8. The lowest BCUT2D eigenvalue weighted by molar-refractivity contribution is 0.443. The zero-order valence-electron chi connectivity index (χ0n) is 39.7. The van der Waals surface area contributed by atoms with Crippen molar-refractivity contribution >= 4 is 17.1 Å². The summed E-state index contributed by atoms with van der Waals surface area (Å²) in [6.45, 7) is 9.64. The van der Waals surface area contributed by atoms with Gasteiger partial charge in [-0.3, -0.25) is 0 Å². The first-order chi connectivity index (χ1) is 33.3. The molecule has 1 nitrogen and oxygen atoms in total. The van der Waals surface area contributed by atoms with E-state index in [1.54, 1.807) is 0 Å². The van der Waals surface area contributed by atoms with Gasteiger partial charge in [0, 0.05) is 27.9 Å². The molecule has 1 heteroatoms. The maximum absolute atomic E-state index is 2.54. The van der Waals surface area contributed by atoms with Gasteiger partial charge in [-0.25, -0.2) is 0 Å². The normalized spacial score (nSPS) is 16.5. The number of benzene rings is 9. The molecule has 0 N–H and O–H groups in total. The van der Waals surface area contributed by atoms with E-state index in [2.05, 4.69) is 239 Å². The molecule has 0 aliphatic heterocycles. The number of rotatable bonds is 7. The van der Waals surface area contributed by atoms with Crippen LogP contribution in [0.5, 0.6) is 0 Å². The van der Waals surface area contributed by atoms with Crippen molar-refractivity contribution in [3.8, 4) is 44.5 Å². The van der Waals surface area contributed by atoms with Crippen molar-refractivity contribution in [2.24, 2.45) is 0 Å². The van der Waals surface area contributed by atoms with Crippen LogP contribution in [0.4, 0.5) is 17.1 Å². The molecule has 0 heterocycles. The summed E-state index contributed by atoms with van der Waals surface area (Å²) in [7, 11) is 0. The van der Waals surface area contributed by atoms with Gasteiger partial charge in [0.2, 0.25) is 0 Å². The Morgan fingerprint density at radius 2 is 0.779 bits per heavy atom. The Labute approximate surface area is 402 Å². The molecule has 0 spiro atoms. The maximum atomic E-state index is 2.54. The van der Waals surface area contributed by atoms with Gasteiger partial charge in [-0.05, 0) is 150 Å². The monoisotopic (exact) mass is 875 g/mol. The lowest BCUT2D eigenvalue weighted by Crippen LogP contribution is -2.28. The van der Waals surface area contributed by atoms with Crippen LogP contribution < -0.4 is 4.90 Å². The predicted molar refractivity (Wildman–Crippen MR) is 285 cm³/mol. The van der Waals surface area contributed by atoms with E-state index in [0.717, 1.165) is 5.69 Å². The summed E-state index contributed by atoms with van der Waals surface area (Å²) in [5, 5.41) is 0. The van der Waals surface area contributed by atoms with E-state index < -0.39 is 5.41 Å². The first kappa shape index (κ1) is 41.0. The van der Waals surface area contributed by atoms with Crippen LogP contribution in [-0.4, -0.2) is 0 Å². The molecule has 13 rings (SSSR count). The minimum Gasteiger partial charge on any atom is -0.310 e. The molecule has 0 amide bonds. The van der Waals surface area contributed by atoms with Crippen molar-refractivity contribution in [3.05, 3.63) is 256 Å². The Hall–Kier alpha value is -7.22. The fourth-order valence-electron chi connectivity index (χ4n) is 13.5. The molecule has 0 radical (unpaired) electrons. The molecule has 0 atom stereocenters. The van der Waals surface area contributed by atoms with Crippen molar-refractivity contribution in [2.45, 2.75) is 82.0 Å². The summed E-state index contributed by atoms with van der Waals surface area (Å²) in [4.78, 5) is 2.54. The third-order valence-corrected chi connectivity index (χ3v) is 16.8. The van der Waals surface area contributed by atoms with Crippen LogP contribution in [0, 0.1) is 0 Å². The molecule has 1 fully saturated rings. The molecule has 68 heavy (non-hydrogen) atoms. The number of anilines is 3. The average Bonchev–Trinajstić information content (AvgIpc) is 3.92. The number of nitrogens with zero attached hydrogens (tertiary/aromatic N) is 1. The Kier molecular flexibility index (Phi) is 9.29. The summed E-state index contributed by atoms with van der Waals surface area (Å²) in [5.74, 6) is 0.640. The molecular formula is C67H57N. The molecule has 9 aromatic rings. The molecule has 4 aliphatic carbocycles. The molecule has 0 saturated heterocycles. The maximum Gasteiger partial charge on any atom is 0.0714 e. The molecular weight excluding hydrogens is 819 g/mol. The van der Waals surface area contributed by atoms with Gasteiger partial charge in [0.15, 0.2) is 0 Å². The van der Waals surface area contributed by atoms with Gasteiger partial charge in [-0.15, -0.1) is 0 Å². The van der Waals surface area contributed by atoms with E-state index in [9.17, 15) is 0 Å². The minimum atomic E-state index is -0.494. The van der Waals surface area contributed by atoms with Gasteiger partial charge in [0.25, 0.3) is 0 Å². The molecule has 330 valence electrons. The van der Waals surface area contributed by atoms with Gasteiger partial charge in [-0.2, -0.15) is 0 Å². The van der Waals surface area contributed by atoms with E-state index in [4.69, 9.17) is 0 Å². The lowest BCUT2D eigenvalue weighted by Gasteiger charge is -2.35. The highest BCUT2D eigenvalue weighted by Gasteiger charge is 2.47. The quantitative estimate of drug-likeness (QED) is 0.154. The summed E-state index contributed by atoms with van der Waals surface area (Å²) < 4.78 is 0. The smallest absolute Gasteiger partial charge is 0.0714 e. The van der Waals surface area contributed by atoms with Crippen molar-refractivity contribution in [3.63, 3.8) is 0 Å². The Morgan fingerprint density at radius 3 is 1.40 bits per heavy atom. The van der Waals surface area contributed by atoms with Gasteiger partial charge in [0.1, 0.15) is 0 Å². The van der Waals surface area contributed by atoms with Crippen LogP contribution in [0.3, 0.4) is 0 Å². The van der Waals surface area contributed by atoms with Crippen LogP contribution in [0.1, 0.15) is 116 Å². The van der Waals surface area contributed by atoms with Crippen LogP contribution in [-0.2, 0) is 16.2 Å². The fourth-order valence-corrected chi connectivity index (χ4v) is 13.5. The highest BCUT2D eigenvalue weighted by atomic mass is 15.1. The van der Waals surface area contributed by atoms with Gasteiger partial charge < -0.3 is 4.90 Å². The highest BCUT2D eigenvalue weighted by Crippen LogP contribution is 2.60. The highest BCUT2D eigenvalue weighted by molar-refractivity contribution is 6.01. The second-order valence-electron chi connectivity index (χ2n) is 21.0. The molecule has 0 unspecified atom stereocenters. The Balaban J connectivity index is 1.01. The SMILES string of the molecule is CC1(C)c2ccccc2-c2c(-c3cccc4c3-c3ccc(N(c5ccc(C6CCCCC6)cc5)c5ccc6c(c5)C(c5ccccc5)(c5ccccc5)c5ccccc5-6)cc3C4(C)C)cccc21. The van der Waals surface area contributed by atoms with Gasteiger partial charge in [0.05, 0.1) is 5.41 Å². The fraction of sp³-hybridized carbons (Fsp3) is 0.194. The Bertz CT molecular complexity index is 3380. The second-order valence-corrected chi connectivity index (χ2v) is 21.0. The molecule has 4 aliphatic rings. The first-order valence-electron chi connectivity index (χ1n) is 25.0. The second kappa shape index (κ2) is 15.4. The van der Waals surface area contributed by atoms with Crippen molar-refractivity contribution in [2.75, 3.05) is 4.90 Å². The first-order valence-corrected chi connectivity index (χ1v) is 25.0. The van der Waals surface area contributed by atoms with E-state index >= 15 is 0 Å². The molecule has 0 bridgehead atoms. The van der Waals surface area contributed by atoms with Crippen LogP contribution in [0.2, 0.25) is 0 Å². The summed E-state index contributed by atoms with van der Waals surface area (Å²) >= 11 is 0. The third kappa shape index (κ3) is 5.87. The predicted octanol–water partition coefficient (Wildman–Crippen LogP) is 17.8.